The fourth-order valence-corrected chi connectivity index (χ4v) is 2.53. The molecule has 108 valence electrons. The van der Waals surface area contributed by atoms with Gasteiger partial charge in [-0.25, -0.2) is 0 Å². The van der Waals surface area contributed by atoms with Crippen molar-refractivity contribution in [3.63, 3.8) is 0 Å². The van der Waals surface area contributed by atoms with Crippen molar-refractivity contribution in [3.8, 4) is 0 Å². The Balaban J connectivity index is 1.83. The molecule has 1 aromatic heterocycles. The van der Waals surface area contributed by atoms with Crippen LogP contribution < -0.4 is 5.73 Å². The van der Waals surface area contributed by atoms with Gasteiger partial charge in [0.15, 0.2) is 5.82 Å². The Labute approximate surface area is 114 Å². The molecule has 0 amide bonds. The smallest absolute Gasteiger partial charge is 0.252 e. The van der Waals surface area contributed by atoms with Crippen LogP contribution in [0.1, 0.15) is 64.6 Å². The SMILES string of the molecule is CCC1CCCC(OCc2nc(C(C)(C)N)no2)C1. The molecule has 1 saturated carbocycles. The molecule has 5 heteroatoms. The second kappa shape index (κ2) is 6.01. The van der Waals surface area contributed by atoms with Gasteiger partial charge in [0.05, 0.1) is 11.6 Å². The van der Waals surface area contributed by atoms with E-state index in [4.69, 9.17) is 15.0 Å². The first-order valence-electron chi connectivity index (χ1n) is 7.22. The highest BCUT2D eigenvalue weighted by atomic mass is 16.5. The van der Waals surface area contributed by atoms with Gasteiger partial charge >= 0.3 is 0 Å². The Kier molecular flexibility index (Phi) is 4.58. The highest BCUT2D eigenvalue weighted by Crippen LogP contribution is 2.28. The van der Waals surface area contributed by atoms with Crippen molar-refractivity contribution in [2.45, 2.75) is 71.1 Å². The van der Waals surface area contributed by atoms with Crippen LogP contribution in [0, 0.1) is 5.92 Å². The van der Waals surface area contributed by atoms with E-state index in [2.05, 4.69) is 17.1 Å². The maximum atomic E-state index is 5.92. The zero-order chi connectivity index (χ0) is 13.9. The Hall–Kier alpha value is -0.940. The average Bonchev–Trinajstić information content (AvgIpc) is 2.85. The topological polar surface area (TPSA) is 74.2 Å². The third kappa shape index (κ3) is 4.01. The van der Waals surface area contributed by atoms with E-state index >= 15 is 0 Å². The largest absolute Gasteiger partial charge is 0.368 e. The average molecular weight is 267 g/mol. The third-order valence-electron chi connectivity index (χ3n) is 3.80. The minimum atomic E-state index is -0.570. The summed E-state index contributed by atoms with van der Waals surface area (Å²) in [5.74, 6) is 1.85. The van der Waals surface area contributed by atoms with Gasteiger partial charge in [0.1, 0.15) is 6.61 Å². The van der Waals surface area contributed by atoms with Crippen molar-refractivity contribution in [1.29, 1.82) is 0 Å². The van der Waals surface area contributed by atoms with Crippen LogP contribution in [0.4, 0.5) is 0 Å². The summed E-state index contributed by atoms with van der Waals surface area (Å²) < 4.78 is 11.1. The fourth-order valence-electron chi connectivity index (χ4n) is 2.53. The number of nitrogens with two attached hydrogens (primary N) is 1. The summed E-state index contributed by atoms with van der Waals surface area (Å²) in [6.45, 7) is 6.36. The van der Waals surface area contributed by atoms with Crippen molar-refractivity contribution in [2.24, 2.45) is 11.7 Å². The molecule has 0 spiro atoms. The first kappa shape index (κ1) is 14.5. The summed E-state index contributed by atoms with van der Waals surface area (Å²) in [6.07, 6.45) is 6.46. The van der Waals surface area contributed by atoms with Crippen molar-refractivity contribution in [1.82, 2.24) is 10.1 Å². The van der Waals surface area contributed by atoms with Crippen LogP contribution in [0.5, 0.6) is 0 Å². The van der Waals surface area contributed by atoms with Crippen molar-refractivity contribution in [3.05, 3.63) is 11.7 Å². The molecule has 5 nitrogen and oxygen atoms in total. The quantitative estimate of drug-likeness (QED) is 0.888. The lowest BCUT2D eigenvalue weighted by Gasteiger charge is -2.27. The second-order valence-electron chi connectivity index (χ2n) is 6.11. The van der Waals surface area contributed by atoms with Crippen LogP contribution in [0.15, 0.2) is 4.52 Å². The highest BCUT2D eigenvalue weighted by Gasteiger charge is 2.24. The molecule has 0 aromatic carbocycles. The van der Waals surface area contributed by atoms with Crippen molar-refractivity contribution in [2.75, 3.05) is 0 Å². The maximum Gasteiger partial charge on any atom is 0.252 e. The Bertz CT molecular complexity index is 398. The molecule has 1 aromatic rings. The maximum absolute atomic E-state index is 5.92. The predicted octanol–water partition coefficient (Wildman–Crippen LogP) is 2.75. The van der Waals surface area contributed by atoms with E-state index in [1.54, 1.807) is 0 Å². The first-order chi connectivity index (χ1) is 8.99. The van der Waals surface area contributed by atoms with Crippen LogP contribution in [-0.2, 0) is 16.9 Å². The molecule has 2 rings (SSSR count). The minimum Gasteiger partial charge on any atom is -0.368 e. The summed E-state index contributed by atoms with van der Waals surface area (Å²) in [5, 5.41) is 3.89. The van der Waals surface area contributed by atoms with Gasteiger partial charge in [-0.15, -0.1) is 0 Å². The molecule has 1 fully saturated rings. The van der Waals surface area contributed by atoms with E-state index in [0.717, 1.165) is 18.8 Å². The van der Waals surface area contributed by atoms with E-state index in [-0.39, 0.29) is 0 Å². The summed E-state index contributed by atoms with van der Waals surface area (Å²) in [5.41, 5.74) is 5.35. The number of hydrogen-bond acceptors (Lipinski definition) is 5. The molecule has 19 heavy (non-hydrogen) atoms. The van der Waals surface area contributed by atoms with Gasteiger partial charge in [-0.2, -0.15) is 4.98 Å². The normalized spacial score (nSPS) is 24.6. The molecule has 0 saturated heterocycles. The molecule has 1 aliphatic rings. The molecule has 1 heterocycles. The molecule has 2 atom stereocenters. The van der Waals surface area contributed by atoms with E-state index < -0.39 is 5.54 Å². The zero-order valence-corrected chi connectivity index (χ0v) is 12.2. The van der Waals surface area contributed by atoms with Crippen LogP contribution in [0.2, 0.25) is 0 Å². The lowest BCUT2D eigenvalue weighted by atomic mass is 9.85. The molecule has 1 aliphatic carbocycles. The lowest BCUT2D eigenvalue weighted by Crippen LogP contribution is -2.30. The third-order valence-corrected chi connectivity index (χ3v) is 3.80. The van der Waals surface area contributed by atoms with E-state index in [0.29, 0.717) is 24.4 Å². The van der Waals surface area contributed by atoms with E-state index in [1.165, 1.54) is 19.3 Å². The summed E-state index contributed by atoms with van der Waals surface area (Å²) in [4.78, 5) is 4.28. The number of hydrogen-bond donors (Lipinski definition) is 1. The van der Waals surface area contributed by atoms with Gasteiger partial charge in [-0.1, -0.05) is 31.3 Å². The number of rotatable bonds is 5. The molecular formula is C14H25N3O2. The number of ether oxygens (including phenoxy) is 1. The molecule has 0 aliphatic heterocycles. The van der Waals surface area contributed by atoms with Crippen LogP contribution in [-0.4, -0.2) is 16.2 Å². The zero-order valence-electron chi connectivity index (χ0n) is 12.2. The Morgan fingerprint density at radius 2 is 2.21 bits per heavy atom. The van der Waals surface area contributed by atoms with Gasteiger partial charge < -0.3 is 15.0 Å². The Morgan fingerprint density at radius 3 is 2.84 bits per heavy atom. The minimum absolute atomic E-state index is 0.333. The van der Waals surface area contributed by atoms with Gasteiger partial charge in [0, 0.05) is 0 Å². The van der Waals surface area contributed by atoms with Crippen molar-refractivity contribution < 1.29 is 9.26 Å². The molecule has 2 N–H and O–H groups in total. The standard InChI is InChI=1S/C14H25N3O2/c1-4-10-6-5-7-11(8-10)18-9-12-16-13(17-19-12)14(2,3)15/h10-11H,4-9,15H2,1-3H3. The lowest BCUT2D eigenvalue weighted by molar-refractivity contribution is -0.00894. The summed E-state index contributed by atoms with van der Waals surface area (Å²) >= 11 is 0. The van der Waals surface area contributed by atoms with Crippen LogP contribution in [0.3, 0.4) is 0 Å². The predicted molar refractivity (Wildman–Crippen MR) is 72.3 cm³/mol. The number of nitrogens with zero attached hydrogens (tertiary/aromatic N) is 2. The van der Waals surface area contributed by atoms with E-state index in [1.807, 2.05) is 13.8 Å². The molecule has 2 unspecified atom stereocenters. The summed E-state index contributed by atoms with van der Waals surface area (Å²) in [7, 11) is 0. The van der Waals surface area contributed by atoms with Gasteiger partial charge in [0.2, 0.25) is 0 Å². The highest BCUT2D eigenvalue weighted by molar-refractivity contribution is 4.98. The molecule has 0 radical (unpaired) electrons. The summed E-state index contributed by atoms with van der Waals surface area (Å²) in [6, 6.07) is 0. The number of aromatic nitrogens is 2. The van der Waals surface area contributed by atoms with Crippen LogP contribution >= 0.6 is 0 Å². The van der Waals surface area contributed by atoms with Gasteiger partial charge in [-0.3, -0.25) is 0 Å². The Morgan fingerprint density at radius 1 is 1.42 bits per heavy atom. The first-order valence-corrected chi connectivity index (χ1v) is 7.22. The second-order valence-corrected chi connectivity index (χ2v) is 6.11. The van der Waals surface area contributed by atoms with Crippen LogP contribution in [0.25, 0.3) is 0 Å². The fraction of sp³-hybridized carbons (Fsp3) is 0.857. The van der Waals surface area contributed by atoms with Gasteiger partial charge in [0.25, 0.3) is 5.89 Å². The molecular weight excluding hydrogens is 242 g/mol. The van der Waals surface area contributed by atoms with Gasteiger partial charge in [-0.05, 0) is 32.6 Å². The molecule has 0 bridgehead atoms. The van der Waals surface area contributed by atoms with Crippen molar-refractivity contribution >= 4 is 0 Å². The monoisotopic (exact) mass is 267 g/mol. The van der Waals surface area contributed by atoms with E-state index in [9.17, 15) is 0 Å².